The Labute approximate surface area is 96.9 Å². The van der Waals surface area contributed by atoms with Crippen LogP contribution >= 0.6 is 0 Å². The van der Waals surface area contributed by atoms with Gasteiger partial charge in [-0.3, -0.25) is 0 Å². The Morgan fingerprint density at radius 3 is 3.00 bits per heavy atom. The molecule has 16 heavy (non-hydrogen) atoms. The van der Waals surface area contributed by atoms with Gasteiger partial charge in [-0.15, -0.1) is 0 Å². The summed E-state index contributed by atoms with van der Waals surface area (Å²) in [6, 6.07) is 2.03. The minimum Gasteiger partial charge on any atom is -0.467 e. The van der Waals surface area contributed by atoms with E-state index < -0.39 is 0 Å². The summed E-state index contributed by atoms with van der Waals surface area (Å²) < 4.78 is 15.7. The van der Waals surface area contributed by atoms with Crippen LogP contribution < -0.4 is 5.32 Å². The summed E-state index contributed by atoms with van der Waals surface area (Å²) in [5.74, 6) is 0.880. The van der Waals surface area contributed by atoms with E-state index in [4.69, 9.17) is 13.9 Å². The van der Waals surface area contributed by atoms with Crippen molar-refractivity contribution < 1.29 is 13.9 Å². The highest BCUT2D eigenvalue weighted by Gasteiger charge is 2.01. The lowest BCUT2D eigenvalue weighted by molar-refractivity contribution is 0.0827. The van der Waals surface area contributed by atoms with E-state index in [1.54, 1.807) is 13.4 Å². The second-order valence-corrected chi connectivity index (χ2v) is 3.60. The Kier molecular flexibility index (Phi) is 6.88. The average molecular weight is 227 g/mol. The first-order chi connectivity index (χ1) is 7.86. The molecule has 0 fully saturated rings. The third-order valence-corrected chi connectivity index (χ3v) is 2.17. The molecule has 0 saturated carbocycles. The van der Waals surface area contributed by atoms with E-state index in [0.717, 1.165) is 37.4 Å². The molecule has 0 aliphatic carbocycles. The molecule has 1 aromatic heterocycles. The molecule has 1 N–H and O–H groups in total. The first kappa shape index (κ1) is 13.2. The van der Waals surface area contributed by atoms with Crippen LogP contribution in [0.2, 0.25) is 0 Å². The molecule has 0 spiro atoms. The third kappa shape index (κ3) is 5.30. The summed E-state index contributed by atoms with van der Waals surface area (Å²) in [6.07, 6.45) is 2.69. The van der Waals surface area contributed by atoms with Gasteiger partial charge in [0.15, 0.2) is 0 Å². The summed E-state index contributed by atoms with van der Waals surface area (Å²) in [4.78, 5) is 0. The lowest BCUT2D eigenvalue weighted by atomic mass is 10.3. The molecule has 0 saturated heterocycles. The molecule has 1 rings (SSSR count). The summed E-state index contributed by atoms with van der Waals surface area (Å²) in [5.41, 5.74) is 1.16. The van der Waals surface area contributed by atoms with Crippen LogP contribution in [-0.2, 0) is 22.6 Å². The summed E-state index contributed by atoms with van der Waals surface area (Å²) in [7, 11) is 1.69. The molecule has 0 atom stereocenters. The summed E-state index contributed by atoms with van der Waals surface area (Å²) in [5, 5.41) is 3.24. The number of rotatable bonds is 9. The Hall–Kier alpha value is -0.840. The van der Waals surface area contributed by atoms with Gasteiger partial charge < -0.3 is 19.2 Å². The van der Waals surface area contributed by atoms with Crippen LogP contribution in [0.1, 0.15) is 24.7 Å². The van der Waals surface area contributed by atoms with E-state index >= 15 is 0 Å². The lowest BCUT2D eigenvalue weighted by Gasteiger charge is -2.00. The highest BCUT2D eigenvalue weighted by Crippen LogP contribution is 2.08. The van der Waals surface area contributed by atoms with Gasteiger partial charge in [-0.05, 0) is 19.0 Å². The van der Waals surface area contributed by atoms with Gasteiger partial charge in [0.2, 0.25) is 0 Å². The highest BCUT2D eigenvalue weighted by molar-refractivity contribution is 5.11. The monoisotopic (exact) mass is 227 g/mol. The van der Waals surface area contributed by atoms with Gasteiger partial charge in [0, 0.05) is 32.4 Å². The zero-order chi connectivity index (χ0) is 11.6. The van der Waals surface area contributed by atoms with Crippen molar-refractivity contribution in [3.63, 3.8) is 0 Å². The molecule has 0 bridgehead atoms. The number of hydrogen-bond acceptors (Lipinski definition) is 4. The number of methoxy groups -OCH3 is 1. The highest BCUT2D eigenvalue weighted by atomic mass is 16.5. The second-order valence-electron chi connectivity index (χ2n) is 3.60. The average Bonchev–Trinajstić information content (AvgIpc) is 2.74. The van der Waals surface area contributed by atoms with Gasteiger partial charge in [0.25, 0.3) is 0 Å². The summed E-state index contributed by atoms with van der Waals surface area (Å²) >= 11 is 0. The molecule has 0 aliphatic heterocycles. The van der Waals surface area contributed by atoms with E-state index in [0.29, 0.717) is 13.2 Å². The molecule has 0 unspecified atom stereocenters. The Morgan fingerprint density at radius 1 is 1.38 bits per heavy atom. The standard InChI is InChI=1S/C12H21NO3/c1-3-13-8-11-7-12(16-9-11)10-15-6-4-5-14-2/h7,9,13H,3-6,8,10H2,1-2H3. The van der Waals surface area contributed by atoms with Crippen LogP contribution in [0, 0.1) is 0 Å². The van der Waals surface area contributed by atoms with E-state index in [-0.39, 0.29) is 0 Å². The minimum absolute atomic E-state index is 0.538. The van der Waals surface area contributed by atoms with Gasteiger partial charge in [-0.1, -0.05) is 6.92 Å². The molecule has 92 valence electrons. The first-order valence-electron chi connectivity index (χ1n) is 5.70. The number of nitrogens with one attached hydrogen (secondary N) is 1. The molecule has 0 radical (unpaired) electrons. The maximum absolute atomic E-state index is 5.45. The molecular formula is C12H21NO3. The number of ether oxygens (including phenoxy) is 2. The number of furan rings is 1. The van der Waals surface area contributed by atoms with Crippen LogP contribution in [0.5, 0.6) is 0 Å². The molecule has 4 nitrogen and oxygen atoms in total. The third-order valence-electron chi connectivity index (χ3n) is 2.17. The molecule has 0 aliphatic rings. The topological polar surface area (TPSA) is 43.6 Å². The first-order valence-corrected chi connectivity index (χ1v) is 5.70. The van der Waals surface area contributed by atoms with Crippen LogP contribution in [0.25, 0.3) is 0 Å². The zero-order valence-corrected chi connectivity index (χ0v) is 10.1. The number of hydrogen-bond donors (Lipinski definition) is 1. The summed E-state index contributed by atoms with van der Waals surface area (Å²) in [6.45, 7) is 5.88. The quantitative estimate of drug-likeness (QED) is 0.655. The SMILES string of the molecule is CCNCc1coc(COCCCOC)c1. The van der Waals surface area contributed by atoms with Gasteiger partial charge in [0.1, 0.15) is 12.4 Å². The molecule has 4 heteroatoms. The largest absolute Gasteiger partial charge is 0.467 e. The second kappa shape index (κ2) is 8.33. The maximum Gasteiger partial charge on any atom is 0.129 e. The van der Waals surface area contributed by atoms with Crippen LogP contribution in [0.15, 0.2) is 16.7 Å². The fraction of sp³-hybridized carbons (Fsp3) is 0.667. The van der Waals surface area contributed by atoms with Gasteiger partial charge in [0.05, 0.1) is 6.26 Å². The zero-order valence-electron chi connectivity index (χ0n) is 10.1. The van der Waals surface area contributed by atoms with Gasteiger partial charge >= 0.3 is 0 Å². The molecular weight excluding hydrogens is 206 g/mol. The predicted molar refractivity (Wildman–Crippen MR) is 62.2 cm³/mol. The fourth-order valence-electron chi connectivity index (χ4n) is 1.34. The smallest absolute Gasteiger partial charge is 0.129 e. The van der Waals surface area contributed by atoms with Crippen molar-refractivity contribution in [2.75, 3.05) is 26.9 Å². The van der Waals surface area contributed by atoms with Crippen LogP contribution in [0.4, 0.5) is 0 Å². The van der Waals surface area contributed by atoms with E-state index in [1.807, 2.05) is 6.07 Å². The Morgan fingerprint density at radius 2 is 2.25 bits per heavy atom. The van der Waals surface area contributed by atoms with Crippen molar-refractivity contribution in [2.45, 2.75) is 26.5 Å². The van der Waals surface area contributed by atoms with Crippen molar-refractivity contribution in [3.8, 4) is 0 Å². The molecule has 1 aromatic rings. The van der Waals surface area contributed by atoms with Crippen LogP contribution in [0.3, 0.4) is 0 Å². The Balaban J connectivity index is 2.14. The maximum atomic E-state index is 5.45. The predicted octanol–water partition coefficient (Wildman–Crippen LogP) is 1.94. The molecule has 0 aromatic carbocycles. The minimum atomic E-state index is 0.538. The normalized spacial score (nSPS) is 10.9. The lowest BCUT2D eigenvalue weighted by Crippen LogP contribution is -2.10. The van der Waals surface area contributed by atoms with E-state index in [1.165, 1.54) is 0 Å². The van der Waals surface area contributed by atoms with Crippen LogP contribution in [-0.4, -0.2) is 26.9 Å². The molecule has 0 amide bonds. The van der Waals surface area contributed by atoms with E-state index in [9.17, 15) is 0 Å². The van der Waals surface area contributed by atoms with Crippen molar-refractivity contribution in [1.82, 2.24) is 5.32 Å². The van der Waals surface area contributed by atoms with Crippen molar-refractivity contribution in [1.29, 1.82) is 0 Å². The van der Waals surface area contributed by atoms with Crippen molar-refractivity contribution in [3.05, 3.63) is 23.7 Å². The fourth-order valence-corrected chi connectivity index (χ4v) is 1.34. The Bertz CT molecular complexity index is 273. The van der Waals surface area contributed by atoms with Crippen molar-refractivity contribution >= 4 is 0 Å². The van der Waals surface area contributed by atoms with E-state index in [2.05, 4.69) is 12.2 Å². The van der Waals surface area contributed by atoms with Crippen molar-refractivity contribution in [2.24, 2.45) is 0 Å². The molecule has 1 heterocycles. The van der Waals surface area contributed by atoms with Gasteiger partial charge in [-0.25, -0.2) is 0 Å². The van der Waals surface area contributed by atoms with Gasteiger partial charge in [-0.2, -0.15) is 0 Å².